The van der Waals surface area contributed by atoms with E-state index in [1.165, 1.54) is 0 Å². The summed E-state index contributed by atoms with van der Waals surface area (Å²) in [6.07, 6.45) is 0. The number of hydrogen-bond acceptors (Lipinski definition) is 6. The number of ether oxygens (including phenoxy) is 1. The second-order valence-electron chi connectivity index (χ2n) is 5.88. The Balaban J connectivity index is 3.84. The Kier molecular flexibility index (Phi) is 10.6. The molecule has 0 saturated heterocycles. The van der Waals surface area contributed by atoms with Crippen molar-refractivity contribution in [2.24, 2.45) is 5.92 Å². The first-order chi connectivity index (χ1) is 10.1. The van der Waals surface area contributed by atoms with Gasteiger partial charge in [0.1, 0.15) is 19.8 Å². The van der Waals surface area contributed by atoms with Crippen LogP contribution in [0.3, 0.4) is 0 Å². The third-order valence-electron chi connectivity index (χ3n) is 2.57. The van der Waals surface area contributed by atoms with Gasteiger partial charge in [-0.05, 0) is 5.75 Å². The van der Waals surface area contributed by atoms with Crippen molar-refractivity contribution in [1.29, 1.82) is 0 Å². The molecule has 2 atom stereocenters. The normalized spacial score (nSPS) is 16.1. The minimum Gasteiger partial charge on any atom is -0.463 e. The number of rotatable bonds is 12. The number of carbonyl (C=O) groups excluding carboxylic acids is 1. The molecule has 22 heavy (non-hydrogen) atoms. The van der Waals surface area contributed by atoms with Crippen LogP contribution in [0.25, 0.3) is 0 Å². The van der Waals surface area contributed by atoms with E-state index in [2.05, 4.69) is 0 Å². The lowest BCUT2D eigenvalue weighted by Crippen LogP contribution is -2.37. The maximum absolute atomic E-state index is 11.6. The maximum atomic E-state index is 11.6. The molecular formula is C13H29NO6PS+. The Bertz CT molecular complexity index is 374. The topological polar surface area (TPSA) is 82.1 Å². The molecule has 0 aliphatic carbocycles. The molecule has 0 amide bonds. The molecule has 0 fully saturated rings. The number of esters is 1. The Morgan fingerprint density at radius 3 is 2.36 bits per heavy atom. The molecule has 0 heterocycles. The van der Waals surface area contributed by atoms with Gasteiger partial charge in [0, 0.05) is 5.75 Å². The van der Waals surface area contributed by atoms with Crippen molar-refractivity contribution in [1.82, 2.24) is 0 Å². The zero-order chi connectivity index (χ0) is 17.2. The highest BCUT2D eigenvalue weighted by atomic mass is 32.2. The standard InChI is InChI=1S/C13H28NO6PS/c1-6-22-11-12(2)13(15)18-9-10-20-21(16,17)19-8-7-14(3,4)5/h12H,6-11H2,1-5H3/p+1. The van der Waals surface area contributed by atoms with Gasteiger partial charge in [-0.3, -0.25) is 13.8 Å². The molecule has 0 aromatic heterocycles. The number of likely N-dealkylation sites (N-methyl/N-ethyl adjacent to an activating group) is 1. The summed E-state index contributed by atoms with van der Waals surface area (Å²) >= 11 is 1.66. The van der Waals surface area contributed by atoms with Crippen molar-refractivity contribution in [2.75, 3.05) is 59.0 Å². The molecule has 0 bridgehead atoms. The minimum absolute atomic E-state index is 0.0663. The first-order valence-electron chi connectivity index (χ1n) is 7.24. The lowest BCUT2D eigenvalue weighted by atomic mass is 10.2. The van der Waals surface area contributed by atoms with Crippen LogP contribution in [0, 0.1) is 5.92 Å². The summed E-state index contributed by atoms with van der Waals surface area (Å²) in [6, 6.07) is 0. The van der Waals surface area contributed by atoms with Crippen LogP contribution in [0.1, 0.15) is 13.8 Å². The van der Waals surface area contributed by atoms with Crippen LogP contribution in [-0.2, 0) is 23.1 Å². The number of carbonyl (C=O) groups is 1. The summed E-state index contributed by atoms with van der Waals surface area (Å²) in [6.45, 7) is 4.27. The number of quaternary nitrogens is 1. The van der Waals surface area contributed by atoms with Crippen molar-refractivity contribution < 1.29 is 32.5 Å². The van der Waals surface area contributed by atoms with E-state index in [1.807, 2.05) is 28.1 Å². The first kappa shape index (κ1) is 21.9. The van der Waals surface area contributed by atoms with Gasteiger partial charge in [0.25, 0.3) is 0 Å². The van der Waals surface area contributed by atoms with E-state index in [0.29, 0.717) is 16.8 Å². The van der Waals surface area contributed by atoms with Gasteiger partial charge in [-0.2, -0.15) is 11.8 Å². The molecular weight excluding hydrogens is 329 g/mol. The van der Waals surface area contributed by atoms with Gasteiger partial charge in [0.05, 0.1) is 33.7 Å². The Morgan fingerprint density at radius 2 is 1.82 bits per heavy atom. The van der Waals surface area contributed by atoms with Gasteiger partial charge < -0.3 is 14.1 Å². The highest BCUT2D eigenvalue weighted by Gasteiger charge is 2.22. The van der Waals surface area contributed by atoms with Crippen LogP contribution in [0.4, 0.5) is 0 Å². The fourth-order valence-electron chi connectivity index (χ4n) is 1.27. The lowest BCUT2D eigenvalue weighted by molar-refractivity contribution is -0.870. The van der Waals surface area contributed by atoms with Crippen LogP contribution in [0.15, 0.2) is 0 Å². The molecule has 0 aliphatic rings. The fourth-order valence-corrected chi connectivity index (χ4v) is 2.68. The molecule has 2 unspecified atom stereocenters. The van der Waals surface area contributed by atoms with Gasteiger partial charge in [0.15, 0.2) is 0 Å². The molecule has 0 aromatic carbocycles. The van der Waals surface area contributed by atoms with Gasteiger partial charge in [-0.1, -0.05) is 13.8 Å². The van der Waals surface area contributed by atoms with Crippen LogP contribution in [0.5, 0.6) is 0 Å². The van der Waals surface area contributed by atoms with Gasteiger partial charge in [0.2, 0.25) is 0 Å². The summed E-state index contributed by atoms with van der Waals surface area (Å²) in [5.74, 6) is 1.11. The Morgan fingerprint density at radius 1 is 1.23 bits per heavy atom. The monoisotopic (exact) mass is 358 g/mol. The average Bonchev–Trinajstić information content (AvgIpc) is 2.38. The van der Waals surface area contributed by atoms with E-state index in [1.54, 1.807) is 18.7 Å². The van der Waals surface area contributed by atoms with E-state index in [4.69, 9.17) is 13.8 Å². The predicted octanol–water partition coefficient (Wildman–Crippen LogP) is 1.76. The van der Waals surface area contributed by atoms with Gasteiger partial charge in [-0.25, -0.2) is 4.57 Å². The molecule has 7 nitrogen and oxygen atoms in total. The van der Waals surface area contributed by atoms with Crippen molar-refractivity contribution in [3.8, 4) is 0 Å². The van der Waals surface area contributed by atoms with E-state index in [9.17, 15) is 14.3 Å². The summed E-state index contributed by atoms with van der Waals surface area (Å²) < 4.78 is 26.8. The zero-order valence-corrected chi connectivity index (χ0v) is 15.8. The highest BCUT2D eigenvalue weighted by molar-refractivity contribution is 7.99. The molecule has 0 aliphatic heterocycles. The minimum atomic E-state index is -4.09. The fraction of sp³-hybridized carbons (Fsp3) is 0.923. The first-order valence-corrected chi connectivity index (χ1v) is 9.89. The van der Waals surface area contributed by atoms with E-state index in [0.717, 1.165) is 5.75 Å². The summed E-state index contributed by atoms with van der Waals surface area (Å²) in [5.41, 5.74) is 0. The molecule has 1 N–H and O–H groups in total. The van der Waals surface area contributed by atoms with Crippen LogP contribution in [-0.4, -0.2) is 74.4 Å². The van der Waals surface area contributed by atoms with Crippen LogP contribution in [0.2, 0.25) is 0 Å². The largest absolute Gasteiger partial charge is 0.472 e. The average molecular weight is 358 g/mol. The Hall–Kier alpha value is -0.110. The molecule has 0 rings (SSSR count). The van der Waals surface area contributed by atoms with Gasteiger partial charge >= 0.3 is 13.8 Å². The lowest BCUT2D eigenvalue weighted by Gasteiger charge is -2.24. The van der Waals surface area contributed by atoms with Crippen molar-refractivity contribution >= 4 is 25.6 Å². The van der Waals surface area contributed by atoms with E-state index >= 15 is 0 Å². The van der Waals surface area contributed by atoms with Crippen molar-refractivity contribution in [3.05, 3.63) is 0 Å². The number of hydrogen-bond donors (Lipinski definition) is 1. The molecule has 0 radical (unpaired) electrons. The summed E-state index contributed by atoms with van der Waals surface area (Å²) in [4.78, 5) is 21.1. The molecule has 0 saturated carbocycles. The zero-order valence-electron chi connectivity index (χ0n) is 14.1. The highest BCUT2D eigenvalue weighted by Crippen LogP contribution is 2.42. The quantitative estimate of drug-likeness (QED) is 0.246. The third-order valence-corrected chi connectivity index (χ3v) is 4.73. The number of nitrogens with zero attached hydrogens (tertiary/aromatic N) is 1. The molecule has 132 valence electrons. The van der Waals surface area contributed by atoms with Gasteiger partial charge in [-0.15, -0.1) is 0 Å². The summed E-state index contributed by atoms with van der Waals surface area (Å²) in [7, 11) is 1.76. The number of phosphoric ester groups is 1. The van der Waals surface area contributed by atoms with Crippen LogP contribution >= 0.6 is 19.6 Å². The smallest absolute Gasteiger partial charge is 0.463 e. The number of phosphoric acid groups is 1. The van der Waals surface area contributed by atoms with E-state index < -0.39 is 7.82 Å². The predicted molar refractivity (Wildman–Crippen MR) is 87.8 cm³/mol. The molecule has 0 spiro atoms. The van der Waals surface area contributed by atoms with Crippen molar-refractivity contribution in [2.45, 2.75) is 13.8 Å². The third kappa shape index (κ3) is 12.4. The van der Waals surface area contributed by atoms with Crippen LogP contribution < -0.4 is 0 Å². The van der Waals surface area contributed by atoms with Crippen molar-refractivity contribution in [3.63, 3.8) is 0 Å². The maximum Gasteiger partial charge on any atom is 0.472 e. The summed E-state index contributed by atoms with van der Waals surface area (Å²) in [5, 5.41) is 0. The SMILES string of the molecule is CCSCC(C)C(=O)OCCOP(=O)(O)OCC[N+](C)(C)C. The molecule has 0 aromatic rings. The second kappa shape index (κ2) is 10.6. The number of thioether (sulfide) groups is 1. The molecule has 9 heteroatoms. The Labute approximate surface area is 137 Å². The second-order valence-corrected chi connectivity index (χ2v) is 8.65. The van der Waals surface area contributed by atoms with E-state index in [-0.39, 0.29) is 31.7 Å².